The molecule has 0 atom stereocenters. The van der Waals surface area contributed by atoms with Gasteiger partial charge < -0.3 is 10.6 Å². The summed E-state index contributed by atoms with van der Waals surface area (Å²) in [5, 5.41) is 4.47. The molecule has 0 unspecified atom stereocenters. The van der Waals surface area contributed by atoms with Gasteiger partial charge in [-0.25, -0.2) is 0 Å². The molecular weight excluding hydrogens is 226 g/mol. The van der Waals surface area contributed by atoms with E-state index in [1.807, 2.05) is 31.2 Å². The monoisotopic (exact) mass is 245 g/mol. The zero-order chi connectivity index (χ0) is 13.1. The van der Waals surface area contributed by atoms with E-state index in [-0.39, 0.29) is 0 Å². The molecule has 0 saturated carbocycles. The van der Waals surface area contributed by atoms with Gasteiger partial charge in [-0.1, -0.05) is 12.1 Å². The molecule has 1 aromatic carbocycles. The zero-order valence-electron chi connectivity index (χ0n) is 11.1. The van der Waals surface area contributed by atoms with Gasteiger partial charge in [0.05, 0.1) is 5.69 Å². The van der Waals surface area contributed by atoms with Crippen LogP contribution >= 0.6 is 0 Å². The molecule has 2 N–H and O–H groups in total. The quantitative estimate of drug-likeness (QED) is 0.895. The smallest absolute Gasteiger partial charge is 0.246 e. The fraction of sp³-hybridized carbons (Fsp3) is 0.385. The van der Waals surface area contributed by atoms with E-state index in [9.17, 15) is 0 Å². The summed E-state index contributed by atoms with van der Waals surface area (Å²) in [5.74, 6) is 1.10. The number of nitrogens with two attached hydrogens (primary N) is 1. The van der Waals surface area contributed by atoms with Crippen LogP contribution in [0.25, 0.3) is 5.69 Å². The summed E-state index contributed by atoms with van der Waals surface area (Å²) in [6.07, 6.45) is 0. The maximum atomic E-state index is 5.93. The number of rotatable bonds is 4. The normalized spacial score (nSPS) is 10.6. The summed E-state index contributed by atoms with van der Waals surface area (Å²) >= 11 is 0. The Labute approximate surface area is 107 Å². The van der Waals surface area contributed by atoms with Crippen LogP contribution in [0.3, 0.4) is 0 Å². The topological polar surface area (TPSA) is 60.0 Å². The third-order valence-electron chi connectivity index (χ3n) is 2.91. The third kappa shape index (κ3) is 2.30. The van der Waals surface area contributed by atoms with Gasteiger partial charge in [0.2, 0.25) is 11.9 Å². The lowest BCUT2D eigenvalue weighted by atomic mass is 10.2. The van der Waals surface area contributed by atoms with Crippen molar-refractivity contribution in [3.63, 3.8) is 0 Å². The van der Waals surface area contributed by atoms with E-state index >= 15 is 0 Å². The van der Waals surface area contributed by atoms with Gasteiger partial charge in [0.15, 0.2) is 0 Å². The highest BCUT2D eigenvalue weighted by atomic mass is 15.4. The van der Waals surface area contributed by atoms with Crippen LogP contribution in [-0.2, 0) is 0 Å². The first kappa shape index (κ1) is 12.4. The molecule has 5 nitrogen and oxygen atoms in total. The lowest BCUT2D eigenvalue weighted by Crippen LogP contribution is -2.23. The third-order valence-corrected chi connectivity index (χ3v) is 2.91. The van der Waals surface area contributed by atoms with Gasteiger partial charge in [-0.05, 0) is 38.5 Å². The van der Waals surface area contributed by atoms with Gasteiger partial charge in [0.1, 0.15) is 0 Å². The van der Waals surface area contributed by atoms with Gasteiger partial charge in [-0.2, -0.15) is 9.67 Å². The average Bonchev–Trinajstić information content (AvgIpc) is 2.73. The van der Waals surface area contributed by atoms with Gasteiger partial charge in [-0.15, -0.1) is 5.10 Å². The fourth-order valence-electron chi connectivity index (χ4n) is 1.90. The van der Waals surface area contributed by atoms with Crippen molar-refractivity contribution in [2.24, 2.45) is 0 Å². The van der Waals surface area contributed by atoms with Crippen LogP contribution in [-0.4, -0.2) is 27.9 Å². The van der Waals surface area contributed by atoms with Crippen molar-refractivity contribution in [3.8, 4) is 5.69 Å². The van der Waals surface area contributed by atoms with Crippen molar-refractivity contribution in [1.29, 1.82) is 0 Å². The molecular formula is C13H19N5. The Hall–Kier alpha value is -2.04. The van der Waals surface area contributed by atoms with E-state index in [4.69, 9.17) is 5.73 Å². The summed E-state index contributed by atoms with van der Waals surface area (Å²) in [5.41, 5.74) is 8.05. The second kappa shape index (κ2) is 5.08. The molecule has 2 aromatic rings. The average molecular weight is 245 g/mol. The number of hydrogen-bond acceptors (Lipinski definition) is 4. The first-order valence-electron chi connectivity index (χ1n) is 6.20. The van der Waals surface area contributed by atoms with Crippen molar-refractivity contribution in [1.82, 2.24) is 14.8 Å². The number of aryl methyl sites for hydroxylation is 1. The Bertz CT molecular complexity index is 528. The van der Waals surface area contributed by atoms with Crippen LogP contribution in [0.1, 0.15) is 19.4 Å². The number of benzene rings is 1. The van der Waals surface area contributed by atoms with E-state index in [0.717, 1.165) is 18.8 Å². The molecule has 0 aliphatic carbocycles. The van der Waals surface area contributed by atoms with Crippen molar-refractivity contribution in [2.75, 3.05) is 23.7 Å². The Morgan fingerprint density at radius 1 is 1.28 bits per heavy atom. The minimum absolute atomic E-state index is 0.419. The first-order valence-corrected chi connectivity index (χ1v) is 6.20. The van der Waals surface area contributed by atoms with E-state index in [1.165, 1.54) is 5.56 Å². The second-order valence-electron chi connectivity index (χ2n) is 4.19. The molecule has 0 amide bonds. The van der Waals surface area contributed by atoms with Crippen LogP contribution in [0.15, 0.2) is 24.3 Å². The molecule has 0 radical (unpaired) electrons. The fourth-order valence-corrected chi connectivity index (χ4v) is 1.90. The highest BCUT2D eigenvalue weighted by molar-refractivity contribution is 5.44. The molecule has 96 valence electrons. The van der Waals surface area contributed by atoms with Gasteiger partial charge in [0, 0.05) is 13.1 Å². The largest absolute Gasteiger partial charge is 0.368 e. The predicted molar refractivity (Wildman–Crippen MR) is 74.1 cm³/mol. The Morgan fingerprint density at radius 3 is 2.61 bits per heavy atom. The molecule has 0 spiro atoms. The SMILES string of the molecule is CCN(CC)c1nc(N)n(-c2cccc(C)c2)n1. The van der Waals surface area contributed by atoms with E-state index in [1.54, 1.807) is 4.68 Å². The number of nitrogen functional groups attached to an aromatic ring is 1. The van der Waals surface area contributed by atoms with E-state index in [2.05, 4.69) is 28.8 Å². The van der Waals surface area contributed by atoms with E-state index in [0.29, 0.717) is 11.9 Å². The number of hydrogen-bond donors (Lipinski definition) is 1. The molecule has 0 aliphatic rings. The minimum atomic E-state index is 0.419. The van der Waals surface area contributed by atoms with Crippen LogP contribution in [0, 0.1) is 6.92 Å². The van der Waals surface area contributed by atoms with Crippen molar-refractivity contribution in [2.45, 2.75) is 20.8 Å². The summed E-state index contributed by atoms with van der Waals surface area (Å²) in [7, 11) is 0. The van der Waals surface area contributed by atoms with E-state index < -0.39 is 0 Å². The Kier molecular flexibility index (Phi) is 3.50. The first-order chi connectivity index (χ1) is 8.65. The van der Waals surface area contributed by atoms with Gasteiger partial charge in [-0.3, -0.25) is 0 Å². The van der Waals surface area contributed by atoms with Gasteiger partial charge >= 0.3 is 0 Å². The maximum Gasteiger partial charge on any atom is 0.246 e. The van der Waals surface area contributed by atoms with Crippen molar-refractivity contribution < 1.29 is 0 Å². The predicted octanol–water partition coefficient (Wildman–Crippen LogP) is 2.00. The molecule has 1 aromatic heterocycles. The number of anilines is 2. The second-order valence-corrected chi connectivity index (χ2v) is 4.19. The summed E-state index contributed by atoms with van der Waals surface area (Å²) < 4.78 is 1.68. The van der Waals surface area contributed by atoms with Crippen molar-refractivity contribution >= 4 is 11.9 Å². The molecule has 0 aliphatic heterocycles. The molecule has 5 heteroatoms. The molecule has 2 rings (SSSR count). The summed E-state index contributed by atoms with van der Waals surface area (Å²) in [6.45, 7) is 7.93. The lowest BCUT2D eigenvalue weighted by molar-refractivity contribution is 0.802. The highest BCUT2D eigenvalue weighted by Crippen LogP contribution is 2.17. The molecule has 0 saturated heterocycles. The summed E-state index contributed by atoms with van der Waals surface area (Å²) in [4.78, 5) is 6.39. The summed E-state index contributed by atoms with van der Waals surface area (Å²) in [6, 6.07) is 8.05. The Balaban J connectivity index is 2.40. The Morgan fingerprint density at radius 2 is 2.00 bits per heavy atom. The minimum Gasteiger partial charge on any atom is -0.368 e. The van der Waals surface area contributed by atoms with Crippen LogP contribution < -0.4 is 10.6 Å². The molecule has 0 fully saturated rings. The highest BCUT2D eigenvalue weighted by Gasteiger charge is 2.12. The molecule has 0 bridgehead atoms. The zero-order valence-corrected chi connectivity index (χ0v) is 11.1. The van der Waals surface area contributed by atoms with Crippen LogP contribution in [0.4, 0.5) is 11.9 Å². The van der Waals surface area contributed by atoms with Crippen molar-refractivity contribution in [3.05, 3.63) is 29.8 Å². The number of nitrogens with zero attached hydrogens (tertiary/aromatic N) is 4. The maximum absolute atomic E-state index is 5.93. The number of aromatic nitrogens is 3. The molecule has 18 heavy (non-hydrogen) atoms. The van der Waals surface area contributed by atoms with Crippen LogP contribution in [0.5, 0.6) is 0 Å². The van der Waals surface area contributed by atoms with Gasteiger partial charge in [0.25, 0.3) is 0 Å². The molecule has 1 heterocycles. The van der Waals surface area contributed by atoms with Crippen LogP contribution in [0.2, 0.25) is 0 Å². The lowest BCUT2D eigenvalue weighted by Gasteiger charge is -2.15. The standard InChI is InChI=1S/C13H19N5/c1-4-17(5-2)13-15-12(14)18(16-13)11-8-6-7-10(3)9-11/h6-9H,4-5H2,1-3H3,(H2,14,15,16).